The highest BCUT2D eigenvalue weighted by atomic mass is 16.7. The number of esters is 1. The fraction of sp³-hybridized carbons (Fsp3) is 0.158. The highest BCUT2D eigenvalue weighted by molar-refractivity contribution is 5.69. The lowest BCUT2D eigenvalue weighted by Crippen LogP contribution is -1.98. The summed E-state index contributed by atoms with van der Waals surface area (Å²) in [5.41, 5.74) is 3.42. The largest absolute Gasteiger partial charge is 0.461 e. The van der Waals surface area contributed by atoms with Gasteiger partial charge in [0.15, 0.2) is 17.3 Å². The van der Waals surface area contributed by atoms with Crippen molar-refractivity contribution in [2.75, 3.05) is 6.79 Å². The molecular formula is C19H15NO5. The van der Waals surface area contributed by atoms with Crippen LogP contribution in [-0.2, 0) is 16.1 Å². The lowest BCUT2D eigenvalue weighted by molar-refractivity contribution is -0.142. The van der Waals surface area contributed by atoms with Gasteiger partial charge in [0.1, 0.15) is 12.3 Å². The summed E-state index contributed by atoms with van der Waals surface area (Å²) in [7, 11) is 0. The number of carbonyl (C=O) groups excluding carboxylic acids is 1. The summed E-state index contributed by atoms with van der Waals surface area (Å²) in [4.78, 5) is 10.9. The lowest BCUT2D eigenvalue weighted by atomic mass is 10.1. The van der Waals surface area contributed by atoms with Crippen molar-refractivity contribution in [1.29, 1.82) is 0 Å². The number of hydrogen-bond donors (Lipinski definition) is 0. The zero-order chi connectivity index (χ0) is 17.2. The molecular weight excluding hydrogens is 322 g/mol. The molecule has 126 valence electrons. The van der Waals surface area contributed by atoms with E-state index in [1.165, 1.54) is 6.92 Å². The van der Waals surface area contributed by atoms with Crippen LogP contribution in [0.4, 0.5) is 0 Å². The summed E-state index contributed by atoms with van der Waals surface area (Å²) in [5, 5.41) is 4.13. The van der Waals surface area contributed by atoms with E-state index in [1.54, 1.807) is 0 Å². The Morgan fingerprint density at radius 2 is 1.80 bits per heavy atom. The van der Waals surface area contributed by atoms with Crippen LogP contribution in [0.15, 0.2) is 53.1 Å². The van der Waals surface area contributed by atoms with Gasteiger partial charge in [0.05, 0.1) is 0 Å². The van der Waals surface area contributed by atoms with Gasteiger partial charge in [0.25, 0.3) is 0 Å². The number of fused-ring (bicyclic) bond motifs is 1. The summed E-state index contributed by atoms with van der Waals surface area (Å²) in [6.07, 6.45) is 0. The van der Waals surface area contributed by atoms with E-state index in [9.17, 15) is 4.79 Å². The fourth-order valence-electron chi connectivity index (χ4n) is 2.55. The third kappa shape index (κ3) is 3.19. The molecule has 0 bridgehead atoms. The maximum Gasteiger partial charge on any atom is 0.302 e. The molecule has 4 rings (SSSR count). The van der Waals surface area contributed by atoms with Crippen LogP contribution >= 0.6 is 0 Å². The molecule has 1 aromatic heterocycles. The van der Waals surface area contributed by atoms with Crippen LogP contribution in [0.2, 0.25) is 0 Å². The van der Waals surface area contributed by atoms with Crippen LogP contribution in [0, 0.1) is 0 Å². The molecule has 0 atom stereocenters. The quantitative estimate of drug-likeness (QED) is 0.674. The van der Waals surface area contributed by atoms with Gasteiger partial charge < -0.3 is 18.7 Å². The zero-order valence-electron chi connectivity index (χ0n) is 13.5. The standard InChI is InChI=1S/C19H15NO5/c1-12(21)22-10-13-2-4-14(5-3-13)18-9-16(20-25-18)15-6-7-17-19(8-15)24-11-23-17/h2-9H,10-11H2,1H3. The first kappa shape index (κ1) is 15.3. The van der Waals surface area contributed by atoms with Crippen molar-refractivity contribution in [3.05, 3.63) is 54.1 Å². The highest BCUT2D eigenvalue weighted by Crippen LogP contribution is 2.36. The van der Waals surface area contributed by atoms with E-state index in [1.807, 2.05) is 48.5 Å². The molecule has 1 aliphatic rings. The summed E-state index contributed by atoms with van der Waals surface area (Å²) < 4.78 is 21.1. The monoisotopic (exact) mass is 337 g/mol. The maximum atomic E-state index is 10.9. The van der Waals surface area contributed by atoms with E-state index in [-0.39, 0.29) is 19.4 Å². The van der Waals surface area contributed by atoms with E-state index >= 15 is 0 Å². The molecule has 0 unspecified atom stereocenters. The third-order valence-corrected chi connectivity index (χ3v) is 3.86. The number of carbonyl (C=O) groups is 1. The minimum atomic E-state index is -0.298. The molecule has 6 heteroatoms. The van der Waals surface area contributed by atoms with E-state index in [0.717, 1.165) is 28.1 Å². The van der Waals surface area contributed by atoms with Crippen molar-refractivity contribution in [3.63, 3.8) is 0 Å². The highest BCUT2D eigenvalue weighted by Gasteiger charge is 2.16. The molecule has 0 saturated heterocycles. The molecule has 2 aromatic carbocycles. The van der Waals surface area contributed by atoms with Crippen molar-refractivity contribution in [2.24, 2.45) is 0 Å². The van der Waals surface area contributed by atoms with Crippen molar-refractivity contribution in [3.8, 4) is 34.1 Å². The molecule has 2 heterocycles. The second kappa shape index (κ2) is 6.32. The van der Waals surface area contributed by atoms with Crippen molar-refractivity contribution >= 4 is 5.97 Å². The van der Waals surface area contributed by atoms with Crippen molar-refractivity contribution < 1.29 is 23.5 Å². The number of ether oxygens (including phenoxy) is 3. The first-order valence-electron chi connectivity index (χ1n) is 7.78. The van der Waals surface area contributed by atoms with E-state index in [0.29, 0.717) is 11.5 Å². The molecule has 0 spiro atoms. The molecule has 0 saturated carbocycles. The molecule has 1 aliphatic heterocycles. The lowest BCUT2D eigenvalue weighted by Gasteiger charge is -2.02. The second-order valence-corrected chi connectivity index (χ2v) is 5.62. The summed E-state index contributed by atoms with van der Waals surface area (Å²) >= 11 is 0. The van der Waals surface area contributed by atoms with Gasteiger partial charge in [-0.05, 0) is 23.8 Å². The molecule has 6 nitrogen and oxygen atoms in total. The first-order valence-corrected chi connectivity index (χ1v) is 7.78. The molecule has 0 fully saturated rings. The second-order valence-electron chi connectivity index (χ2n) is 5.62. The minimum absolute atomic E-state index is 0.239. The van der Waals surface area contributed by atoms with E-state index in [2.05, 4.69) is 5.16 Å². The van der Waals surface area contributed by atoms with Crippen LogP contribution in [0.25, 0.3) is 22.6 Å². The number of benzene rings is 2. The van der Waals surface area contributed by atoms with Gasteiger partial charge in [-0.15, -0.1) is 0 Å². The zero-order valence-corrected chi connectivity index (χ0v) is 13.5. The predicted molar refractivity (Wildman–Crippen MR) is 89.0 cm³/mol. The van der Waals surface area contributed by atoms with Gasteiger partial charge >= 0.3 is 5.97 Å². The van der Waals surface area contributed by atoms with Crippen LogP contribution in [0.3, 0.4) is 0 Å². The Hall–Kier alpha value is -3.28. The Kier molecular flexibility index (Phi) is 3.85. The van der Waals surface area contributed by atoms with Crippen LogP contribution < -0.4 is 9.47 Å². The number of nitrogens with zero attached hydrogens (tertiary/aromatic N) is 1. The van der Waals surface area contributed by atoms with Gasteiger partial charge in [-0.2, -0.15) is 0 Å². The molecule has 0 N–H and O–H groups in total. The Bertz CT molecular complexity index is 914. The average molecular weight is 337 g/mol. The van der Waals surface area contributed by atoms with Gasteiger partial charge in [-0.3, -0.25) is 4.79 Å². The first-order chi connectivity index (χ1) is 12.2. The van der Waals surface area contributed by atoms with Gasteiger partial charge in [-0.1, -0.05) is 29.4 Å². The summed E-state index contributed by atoms with van der Waals surface area (Å²) in [6, 6.07) is 15.1. The Morgan fingerprint density at radius 3 is 2.60 bits per heavy atom. The van der Waals surface area contributed by atoms with E-state index in [4.69, 9.17) is 18.7 Å². The van der Waals surface area contributed by atoms with Crippen molar-refractivity contribution in [2.45, 2.75) is 13.5 Å². The van der Waals surface area contributed by atoms with Gasteiger partial charge in [0, 0.05) is 24.1 Å². The summed E-state index contributed by atoms with van der Waals surface area (Å²) in [6.45, 7) is 1.89. The average Bonchev–Trinajstić information content (AvgIpc) is 3.29. The van der Waals surface area contributed by atoms with E-state index < -0.39 is 0 Å². The Morgan fingerprint density at radius 1 is 1.04 bits per heavy atom. The van der Waals surface area contributed by atoms with Crippen molar-refractivity contribution in [1.82, 2.24) is 5.16 Å². The number of aromatic nitrogens is 1. The minimum Gasteiger partial charge on any atom is -0.461 e. The predicted octanol–water partition coefficient (Wildman–Crippen LogP) is 3.80. The smallest absolute Gasteiger partial charge is 0.302 e. The Labute approximate surface area is 143 Å². The maximum absolute atomic E-state index is 10.9. The number of rotatable bonds is 4. The Balaban J connectivity index is 1.54. The molecule has 0 aliphatic carbocycles. The SMILES string of the molecule is CC(=O)OCc1ccc(-c2cc(-c3ccc4c(c3)OCO4)no2)cc1. The number of hydrogen-bond acceptors (Lipinski definition) is 6. The molecule has 0 amide bonds. The molecule has 25 heavy (non-hydrogen) atoms. The molecule has 0 radical (unpaired) electrons. The normalized spacial score (nSPS) is 12.2. The van der Waals surface area contributed by atoms with Crippen LogP contribution in [-0.4, -0.2) is 17.9 Å². The van der Waals surface area contributed by atoms with Crippen LogP contribution in [0.5, 0.6) is 11.5 Å². The van der Waals surface area contributed by atoms with Crippen LogP contribution in [0.1, 0.15) is 12.5 Å². The fourth-order valence-corrected chi connectivity index (χ4v) is 2.55. The third-order valence-electron chi connectivity index (χ3n) is 3.86. The molecule has 3 aromatic rings. The topological polar surface area (TPSA) is 70.8 Å². The van der Waals surface area contributed by atoms with Gasteiger partial charge in [0.2, 0.25) is 6.79 Å². The summed E-state index contributed by atoms with van der Waals surface area (Å²) in [5.74, 6) is 1.80. The van der Waals surface area contributed by atoms with Gasteiger partial charge in [-0.25, -0.2) is 0 Å².